The Balaban J connectivity index is 2.03. The minimum absolute atomic E-state index is 0.522. The Hall–Kier alpha value is -2.60. The van der Waals surface area contributed by atoms with E-state index in [2.05, 4.69) is 39.7 Å². The van der Waals surface area contributed by atoms with E-state index >= 15 is 0 Å². The fourth-order valence-corrected chi connectivity index (χ4v) is 2.34. The van der Waals surface area contributed by atoms with Crippen LogP contribution in [0, 0.1) is 6.92 Å². The number of aromatic nitrogens is 1. The number of hydrogen-bond donors (Lipinski definition) is 2. The lowest BCUT2D eigenvalue weighted by Gasteiger charge is -2.13. The maximum Gasteiger partial charge on any atom is 0.191 e. The molecule has 26 heavy (non-hydrogen) atoms. The average Bonchev–Trinajstić information content (AvgIpc) is 2.66. The van der Waals surface area contributed by atoms with Gasteiger partial charge in [0.25, 0.3) is 0 Å². The Morgan fingerprint density at radius 3 is 2.77 bits per heavy atom. The second-order valence-corrected chi connectivity index (χ2v) is 5.82. The van der Waals surface area contributed by atoms with Crippen LogP contribution in [0.3, 0.4) is 0 Å². The quantitative estimate of drug-likeness (QED) is 0.411. The van der Waals surface area contributed by atoms with Crippen molar-refractivity contribution in [3.8, 4) is 5.75 Å². The van der Waals surface area contributed by atoms with Crippen LogP contribution < -0.4 is 15.4 Å². The highest BCUT2D eigenvalue weighted by molar-refractivity contribution is 5.79. The summed E-state index contributed by atoms with van der Waals surface area (Å²) in [6, 6.07) is 12.0. The first-order valence-electron chi connectivity index (χ1n) is 8.86. The van der Waals surface area contributed by atoms with Gasteiger partial charge in [-0.2, -0.15) is 0 Å². The zero-order valence-electron chi connectivity index (χ0n) is 15.8. The van der Waals surface area contributed by atoms with E-state index in [0.717, 1.165) is 35.1 Å². The summed E-state index contributed by atoms with van der Waals surface area (Å²) < 4.78 is 10.9. The number of rotatable bonds is 9. The van der Waals surface area contributed by atoms with Crippen LogP contribution in [-0.2, 0) is 17.8 Å². The smallest absolute Gasteiger partial charge is 0.191 e. The van der Waals surface area contributed by atoms with Crippen molar-refractivity contribution in [2.24, 2.45) is 4.99 Å². The first-order valence-corrected chi connectivity index (χ1v) is 8.86. The number of aryl methyl sites for hydroxylation is 1. The second-order valence-electron chi connectivity index (χ2n) is 5.82. The number of pyridine rings is 1. The number of ether oxygens (including phenoxy) is 2. The lowest BCUT2D eigenvalue weighted by molar-refractivity contribution is 0.145. The maximum atomic E-state index is 5.83. The van der Waals surface area contributed by atoms with Crippen LogP contribution in [0.2, 0.25) is 0 Å². The molecule has 0 aliphatic carbocycles. The summed E-state index contributed by atoms with van der Waals surface area (Å²) in [6.07, 6.45) is 1.79. The van der Waals surface area contributed by atoms with Gasteiger partial charge in [-0.05, 0) is 37.6 Å². The monoisotopic (exact) mass is 356 g/mol. The summed E-state index contributed by atoms with van der Waals surface area (Å²) in [5.74, 6) is 1.60. The molecule has 0 aliphatic rings. The van der Waals surface area contributed by atoms with Crippen molar-refractivity contribution < 1.29 is 9.47 Å². The molecule has 1 aromatic heterocycles. The van der Waals surface area contributed by atoms with Gasteiger partial charge in [0, 0.05) is 25.4 Å². The van der Waals surface area contributed by atoms with Crippen LogP contribution in [0.5, 0.6) is 5.75 Å². The molecule has 0 unspecified atom stereocenters. The van der Waals surface area contributed by atoms with Gasteiger partial charge < -0.3 is 20.1 Å². The number of hydrogen-bond acceptors (Lipinski definition) is 4. The van der Waals surface area contributed by atoms with Crippen LogP contribution in [-0.4, -0.2) is 37.8 Å². The number of methoxy groups -OCH3 is 1. The van der Waals surface area contributed by atoms with Gasteiger partial charge in [-0.1, -0.05) is 18.2 Å². The van der Waals surface area contributed by atoms with Gasteiger partial charge in [0.05, 0.1) is 25.4 Å². The van der Waals surface area contributed by atoms with Crippen LogP contribution in [0.25, 0.3) is 0 Å². The van der Waals surface area contributed by atoms with Gasteiger partial charge in [-0.3, -0.25) is 4.98 Å². The largest absolute Gasteiger partial charge is 0.491 e. The highest BCUT2D eigenvalue weighted by Gasteiger charge is 2.05. The van der Waals surface area contributed by atoms with Gasteiger partial charge in [0.15, 0.2) is 5.96 Å². The molecule has 2 aromatic rings. The first-order chi connectivity index (χ1) is 12.7. The molecule has 0 atom stereocenters. The van der Waals surface area contributed by atoms with Gasteiger partial charge in [-0.25, -0.2) is 4.99 Å². The lowest BCUT2D eigenvalue weighted by atomic mass is 10.1. The molecule has 0 bridgehead atoms. The molecule has 0 saturated heterocycles. The summed E-state index contributed by atoms with van der Waals surface area (Å²) in [7, 11) is 1.67. The third-order valence-corrected chi connectivity index (χ3v) is 3.68. The van der Waals surface area contributed by atoms with Crippen LogP contribution >= 0.6 is 0 Å². The Bertz CT molecular complexity index is 689. The molecule has 6 nitrogen and oxygen atoms in total. The SMILES string of the molecule is CCNC(=NCc1ccc(C)cc1OCCOC)NCc1ccccn1. The third-order valence-electron chi connectivity index (χ3n) is 3.68. The second kappa shape index (κ2) is 11.1. The summed E-state index contributed by atoms with van der Waals surface area (Å²) in [6.45, 7) is 7.12. The van der Waals surface area contributed by atoms with E-state index in [1.165, 1.54) is 0 Å². The van der Waals surface area contributed by atoms with E-state index < -0.39 is 0 Å². The maximum absolute atomic E-state index is 5.83. The van der Waals surface area contributed by atoms with Crippen LogP contribution in [0.15, 0.2) is 47.6 Å². The topological polar surface area (TPSA) is 67.8 Å². The van der Waals surface area contributed by atoms with E-state index in [1.54, 1.807) is 13.3 Å². The van der Waals surface area contributed by atoms with Crippen molar-refractivity contribution in [2.45, 2.75) is 26.9 Å². The molecule has 0 fully saturated rings. The summed E-state index contributed by atoms with van der Waals surface area (Å²) >= 11 is 0. The lowest BCUT2D eigenvalue weighted by Crippen LogP contribution is -2.37. The molecule has 1 aromatic carbocycles. The molecular weight excluding hydrogens is 328 g/mol. The van der Waals surface area contributed by atoms with E-state index in [4.69, 9.17) is 9.47 Å². The molecule has 2 N–H and O–H groups in total. The standard InChI is InChI=1S/C20H28N4O2/c1-4-21-20(24-15-18-7-5-6-10-22-18)23-14-17-9-8-16(2)13-19(17)26-12-11-25-3/h5-10,13H,4,11-12,14-15H2,1-3H3,(H2,21,23,24). The predicted molar refractivity (Wildman–Crippen MR) is 104 cm³/mol. The zero-order valence-corrected chi connectivity index (χ0v) is 15.8. The van der Waals surface area contributed by atoms with Crippen molar-refractivity contribution in [3.05, 3.63) is 59.4 Å². The van der Waals surface area contributed by atoms with E-state index in [-0.39, 0.29) is 0 Å². The van der Waals surface area contributed by atoms with Crippen LogP contribution in [0.1, 0.15) is 23.7 Å². The molecule has 0 amide bonds. The molecule has 0 aliphatic heterocycles. The Morgan fingerprint density at radius 1 is 1.15 bits per heavy atom. The Labute approximate surface area is 155 Å². The van der Waals surface area contributed by atoms with Gasteiger partial charge in [0.1, 0.15) is 12.4 Å². The number of benzene rings is 1. The molecule has 1 heterocycles. The van der Waals surface area contributed by atoms with Crippen molar-refractivity contribution in [1.29, 1.82) is 0 Å². The molecule has 140 valence electrons. The zero-order chi connectivity index (χ0) is 18.6. The molecule has 2 rings (SSSR count). The average molecular weight is 356 g/mol. The van der Waals surface area contributed by atoms with Gasteiger partial charge in [0.2, 0.25) is 0 Å². The fraction of sp³-hybridized carbons (Fsp3) is 0.400. The summed E-state index contributed by atoms with van der Waals surface area (Å²) in [5.41, 5.74) is 3.17. The van der Waals surface area contributed by atoms with Gasteiger partial charge in [-0.15, -0.1) is 0 Å². The van der Waals surface area contributed by atoms with Crippen molar-refractivity contribution in [1.82, 2.24) is 15.6 Å². The fourth-order valence-electron chi connectivity index (χ4n) is 2.34. The number of guanidine groups is 1. The van der Waals surface area contributed by atoms with Crippen LogP contribution in [0.4, 0.5) is 0 Å². The Morgan fingerprint density at radius 2 is 2.04 bits per heavy atom. The molecule has 0 saturated carbocycles. The van der Waals surface area contributed by atoms with E-state index in [9.17, 15) is 0 Å². The van der Waals surface area contributed by atoms with Gasteiger partial charge >= 0.3 is 0 Å². The minimum atomic E-state index is 0.522. The van der Waals surface area contributed by atoms with E-state index in [1.807, 2.05) is 31.2 Å². The Kier molecular flexibility index (Phi) is 8.42. The molecule has 6 heteroatoms. The van der Waals surface area contributed by atoms with Crippen molar-refractivity contribution >= 4 is 5.96 Å². The normalized spacial score (nSPS) is 11.3. The van der Waals surface area contributed by atoms with Crippen molar-refractivity contribution in [2.75, 3.05) is 26.9 Å². The highest BCUT2D eigenvalue weighted by atomic mass is 16.5. The molecule has 0 spiro atoms. The first kappa shape index (κ1) is 19.7. The number of nitrogens with zero attached hydrogens (tertiary/aromatic N) is 2. The third kappa shape index (κ3) is 6.72. The minimum Gasteiger partial charge on any atom is -0.491 e. The van der Waals surface area contributed by atoms with Crippen molar-refractivity contribution in [3.63, 3.8) is 0 Å². The summed E-state index contributed by atoms with van der Waals surface area (Å²) in [4.78, 5) is 8.99. The number of aliphatic imine (C=N–C) groups is 1. The van der Waals surface area contributed by atoms with E-state index in [0.29, 0.717) is 26.3 Å². The summed E-state index contributed by atoms with van der Waals surface area (Å²) in [5, 5.41) is 6.56. The highest BCUT2D eigenvalue weighted by Crippen LogP contribution is 2.21. The number of nitrogens with one attached hydrogen (secondary N) is 2. The molecule has 0 radical (unpaired) electrons. The molecular formula is C20H28N4O2. The predicted octanol–water partition coefficient (Wildman–Crippen LogP) is 2.67.